The van der Waals surface area contributed by atoms with E-state index in [9.17, 15) is 9.18 Å². The van der Waals surface area contributed by atoms with E-state index >= 15 is 0 Å². The fourth-order valence-corrected chi connectivity index (χ4v) is 4.77. The minimum absolute atomic E-state index is 0.0787. The average Bonchev–Trinajstić information content (AvgIpc) is 3.19. The van der Waals surface area contributed by atoms with Gasteiger partial charge in [-0.3, -0.25) is 14.3 Å². The van der Waals surface area contributed by atoms with E-state index in [0.717, 1.165) is 24.6 Å². The van der Waals surface area contributed by atoms with E-state index in [1.54, 1.807) is 12.1 Å². The molecule has 1 aromatic carbocycles. The van der Waals surface area contributed by atoms with Crippen LogP contribution in [0.25, 0.3) is 5.69 Å². The van der Waals surface area contributed by atoms with Gasteiger partial charge in [0, 0.05) is 12.1 Å². The molecule has 4 rings (SSSR count). The molecule has 2 saturated heterocycles. The van der Waals surface area contributed by atoms with Gasteiger partial charge in [-0.1, -0.05) is 18.2 Å². The van der Waals surface area contributed by atoms with Crippen LogP contribution in [-0.4, -0.2) is 50.1 Å². The van der Waals surface area contributed by atoms with Crippen molar-refractivity contribution in [3.8, 4) is 5.69 Å². The van der Waals surface area contributed by atoms with Gasteiger partial charge in [-0.15, -0.1) is 10.2 Å². The topological polar surface area (TPSA) is 60.2 Å². The molecular weight excluding hydrogens is 367 g/mol. The van der Waals surface area contributed by atoms with Crippen molar-refractivity contribution >= 4 is 17.7 Å². The number of benzene rings is 1. The highest BCUT2D eigenvalue weighted by Gasteiger charge is 2.34. The molecule has 0 radical (unpaired) electrons. The number of hydrogen-bond donors (Lipinski definition) is 0. The highest BCUT2D eigenvalue weighted by Crippen LogP contribution is 2.33. The number of thioether (sulfide) groups is 1. The second-order valence-corrected chi connectivity index (χ2v) is 8.31. The van der Waals surface area contributed by atoms with Gasteiger partial charge in [0.25, 0.3) is 0 Å². The van der Waals surface area contributed by atoms with Crippen LogP contribution in [0.4, 0.5) is 4.39 Å². The molecule has 6 nitrogen and oxygen atoms in total. The molecule has 1 aromatic heterocycles. The second-order valence-electron chi connectivity index (χ2n) is 7.14. The van der Waals surface area contributed by atoms with Crippen molar-refractivity contribution in [2.24, 2.45) is 0 Å². The number of hydrogen-bond acceptors (Lipinski definition) is 6. The number of piperidine rings is 1. The molecule has 0 bridgehead atoms. The van der Waals surface area contributed by atoms with Crippen LogP contribution < -0.4 is 0 Å². The normalized spacial score (nSPS) is 23.6. The second kappa shape index (κ2) is 7.98. The molecule has 0 N–H and O–H groups in total. The zero-order chi connectivity index (χ0) is 18.8. The van der Waals surface area contributed by atoms with Crippen molar-refractivity contribution in [2.45, 2.75) is 55.7 Å². The smallest absolute Gasteiger partial charge is 0.319 e. The first-order valence-corrected chi connectivity index (χ1v) is 10.3. The van der Waals surface area contributed by atoms with E-state index < -0.39 is 0 Å². The predicted molar refractivity (Wildman–Crippen MR) is 100 cm³/mol. The summed E-state index contributed by atoms with van der Waals surface area (Å²) < 4.78 is 20.6. The van der Waals surface area contributed by atoms with Crippen LogP contribution in [0.1, 0.15) is 38.4 Å². The van der Waals surface area contributed by atoms with E-state index in [4.69, 9.17) is 4.74 Å². The number of halogens is 1. The number of carbonyl (C=O) groups excluding carboxylic acids is 1. The SMILES string of the molecule is CC1CC(Sc2nnc(CN3CCCCC3)n2-c2ccc(F)cc2)C(=O)O1. The number of carbonyl (C=O) groups is 1. The fourth-order valence-electron chi connectivity index (χ4n) is 3.59. The Bertz CT molecular complexity index is 805. The lowest BCUT2D eigenvalue weighted by atomic mass is 10.1. The van der Waals surface area contributed by atoms with Gasteiger partial charge in [0.1, 0.15) is 17.2 Å². The van der Waals surface area contributed by atoms with E-state index in [1.165, 1.54) is 43.2 Å². The van der Waals surface area contributed by atoms with Gasteiger partial charge in [-0.25, -0.2) is 4.39 Å². The maximum atomic E-state index is 13.4. The number of aromatic nitrogens is 3. The molecule has 8 heteroatoms. The van der Waals surface area contributed by atoms with Crippen molar-refractivity contribution in [3.05, 3.63) is 35.9 Å². The molecule has 2 aromatic rings. The zero-order valence-electron chi connectivity index (χ0n) is 15.3. The summed E-state index contributed by atoms with van der Waals surface area (Å²) in [6, 6.07) is 6.30. The lowest BCUT2D eigenvalue weighted by Crippen LogP contribution is -2.30. The molecule has 2 fully saturated rings. The monoisotopic (exact) mass is 390 g/mol. The van der Waals surface area contributed by atoms with Crippen molar-refractivity contribution < 1.29 is 13.9 Å². The van der Waals surface area contributed by atoms with Gasteiger partial charge in [0.05, 0.1) is 6.54 Å². The average molecular weight is 390 g/mol. The van der Waals surface area contributed by atoms with Crippen LogP contribution >= 0.6 is 11.8 Å². The molecule has 2 unspecified atom stereocenters. The highest BCUT2D eigenvalue weighted by molar-refractivity contribution is 8.00. The first kappa shape index (κ1) is 18.4. The summed E-state index contributed by atoms with van der Waals surface area (Å²) in [5.41, 5.74) is 0.801. The molecule has 3 heterocycles. The van der Waals surface area contributed by atoms with Crippen molar-refractivity contribution in [1.82, 2.24) is 19.7 Å². The number of rotatable bonds is 5. The van der Waals surface area contributed by atoms with Crippen molar-refractivity contribution in [2.75, 3.05) is 13.1 Å². The maximum absolute atomic E-state index is 13.4. The maximum Gasteiger partial charge on any atom is 0.319 e. The third-order valence-corrected chi connectivity index (χ3v) is 6.12. The number of cyclic esters (lactones) is 1. The third kappa shape index (κ3) is 4.16. The summed E-state index contributed by atoms with van der Waals surface area (Å²) in [4.78, 5) is 14.4. The van der Waals surface area contributed by atoms with Gasteiger partial charge in [-0.2, -0.15) is 0 Å². The number of ether oxygens (including phenoxy) is 1. The Balaban J connectivity index is 1.63. The van der Waals surface area contributed by atoms with E-state index in [2.05, 4.69) is 15.1 Å². The van der Waals surface area contributed by atoms with E-state index in [1.807, 2.05) is 11.5 Å². The summed E-state index contributed by atoms with van der Waals surface area (Å²) in [5.74, 6) is 0.316. The molecule has 0 amide bonds. The highest BCUT2D eigenvalue weighted by atomic mass is 32.2. The molecule has 2 aliphatic rings. The minimum atomic E-state index is -0.286. The molecule has 144 valence electrons. The van der Waals surface area contributed by atoms with Crippen LogP contribution in [0.5, 0.6) is 0 Å². The van der Waals surface area contributed by atoms with Crippen molar-refractivity contribution in [3.63, 3.8) is 0 Å². The standard InChI is InChI=1S/C19H23FN4O2S/c1-13-11-16(18(25)26-13)27-19-22-21-17(12-23-9-3-2-4-10-23)24(19)15-7-5-14(20)6-8-15/h5-8,13,16H,2-4,9-12H2,1H3. The minimum Gasteiger partial charge on any atom is -0.462 e. The van der Waals surface area contributed by atoms with Crippen LogP contribution in [0.15, 0.2) is 29.4 Å². The van der Waals surface area contributed by atoms with E-state index in [-0.39, 0.29) is 23.1 Å². The Morgan fingerprint density at radius 1 is 1.19 bits per heavy atom. The molecule has 2 atom stereocenters. The number of likely N-dealkylation sites (tertiary alicyclic amines) is 1. The first-order chi connectivity index (χ1) is 13.1. The lowest BCUT2D eigenvalue weighted by molar-refractivity contribution is -0.140. The quantitative estimate of drug-likeness (QED) is 0.731. The largest absolute Gasteiger partial charge is 0.462 e. The van der Waals surface area contributed by atoms with Crippen LogP contribution in [-0.2, 0) is 16.1 Å². The molecule has 27 heavy (non-hydrogen) atoms. The predicted octanol–water partition coefficient (Wildman–Crippen LogP) is 3.19. The molecule has 2 aliphatic heterocycles. The summed E-state index contributed by atoms with van der Waals surface area (Å²) in [6.45, 7) is 4.68. The lowest BCUT2D eigenvalue weighted by Gasteiger charge is -2.26. The summed E-state index contributed by atoms with van der Waals surface area (Å²) >= 11 is 1.37. The van der Waals surface area contributed by atoms with E-state index in [0.29, 0.717) is 18.1 Å². The Hall–Kier alpha value is -1.93. The Kier molecular flexibility index (Phi) is 5.45. The fraction of sp³-hybridized carbons (Fsp3) is 0.526. The third-order valence-electron chi connectivity index (χ3n) is 4.97. The Labute approximate surface area is 162 Å². The van der Waals surface area contributed by atoms with Gasteiger partial charge in [0.15, 0.2) is 11.0 Å². The van der Waals surface area contributed by atoms with Crippen molar-refractivity contribution in [1.29, 1.82) is 0 Å². The van der Waals surface area contributed by atoms with Crippen LogP contribution in [0.3, 0.4) is 0 Å². The number of esters is 1. The van der Waals surface area contributed by atoms with Crippen LogP contribution in [0, 0.1) is 5.82 Å². The molecule has 0 spiro atoms. The summed E-state index contributed by atoms with van der Waals surface area (Å²) in [7, 11) is 0. The Morgan fingerprint density at radius 2 is 1.93 bits per heavy atom. The number of nitrogens with zero attached hydrogens (tertiary/aromatic N) is 4. The first-order valence-electron chi connectivity index (χ1n) is 9.40. The Morgan fingerprint density at radius 3 is 2.59 bits per heavy atom. The molecular formula is C19H23FN4O2S. The van der Waals surface area contributed by atoms with Crippen LogP contribution in [0.2, 0.25) is 0 Å². The zero-order valence-corrected chi connectivity index (χ0v) is 16.1. The summed E-state index contributed by atoms with van der Waals surface area (Å²) in [6.07, 6.45) is 4.23. The van der Waals surface area contributed by atoms with Gasteiger partial charge in [0.2, 0.25) is 0 Å². The molecule has 0 saturated carbocycles. The van der Waals surface area contributed by atoms with Gasteiger partial charge < -0.3 is 4.74 Å². The summed E-state index contributed by atoms with van der Waals surface area (Å²) in [5, 5.41) is 9.11. The van der Waals surface area contributed by atoms with Gasteiger partial charge >= 0.3 is 5.97 Å². The molecule has 0 aliphatic carbocycles. The van der Waals surface area contributed by atoms with Gasteiger partial charge in [-0.05, 0) is 57.1 Å².